The zero-order chi connectivity index (χ0) is 21.7. The number of hydrogen-bond acceptors (Lipinski definition) is 4. The minimum Gasteiger partial charge on any atom is -0.379 e. The zero-order valence-electron chi connectivity index (χ0n) is 19.2. The van der Waals surface area contributed by atoms with Crippen LogP contribution < -0.4 is 16.0 Å². The Morgan fingerprint density at radius 3 is 2.75 bits per heavy atom. The van der Waals surface area contributed by atoms with Crippen LogP contribution in [-0.4, -0.2) is 51.4 Å². The Morgan fingerprint density at radius 1 is 1.16 bits per heavy atom. The molecule has 1 aromatic rings. The summed E-state index contributed by atoms with van der Waals surface area (Å²) in [7, 11) is 1.77. The average molecular weight is 559 g/mol. The first-order valence-electron chi connectivity index (χ1n) is 11.8. The summed E-state index contributed by atoms with van der Waals surface area (Å²) in [6.45, 7) is 3.71. The van der Waals surface area contributed by atoms with Crippen LogP contribution in [0.3, 0.4) is 0 Å². The molecule has 1 aliphatic heterocycles. The second-order valence-corrected chi connectivity index (χ2v) is 8.44. The highest BCUT2D eigenvalue weighted by Gasteiger charge is 2.21. The third-order valence-electron chi connectivity index (χ3n) is 5.94. The Balaban J connectivity index is 0.00000363. The van der Waals surface area contributed by atoms with Crippen LogP contribution >= 0.6 is 24.0 Å². The van der Waals surface area contributed by atoms with Crippen LogP contribution in [0.1, 0.15) is 56.9 Å². The SMILES string of the molecule is CN=C(NCCCOCC1CCCO1)NCc1cccc(NC(=O)C2CCCCC2)c1.I. The summed E-state index contributed by atoms with van der Waals surface area (Å²) in [5.41, 5.74) is 1.96. The van der Waals surface area contributed by atoms with Crippen molar-refractivity contribution in [3.05, 3.63) is 29.8 Å². The molecular weight excluding hydrogens is 519 g/mol. The van der Waals surface area contributed by atoms with E-state index in [0.29, 0.717) is 19.8 Å². The van der Waals surface area contributed by atoms with Gasteiger partial charge in [0.25, 0.3) is 0 Å². The highest BCUT2D eigenvalue weighted by atomic mass is 127. The maximum Gasteiger partial charge on any atom is 0.227 e. The molecule has 1 heterocycles. The summed E-state index contributed by atoms with van der Waals surface area (Å²) in [6.07, 6.45) is 9.05. The van der Waals surface area contributed by atoms with E-state index in [1.54, 1.807) is 7.05 Å². The standard InChI is InChI=1S/C24H38N4O3.HI/c1-25-24(26-13-7-14-30-18-22-12-6-15-31-22)27-17-19-8-5-11-21(16-19)28-23(29)20-9-3-2-4-10-20;/h5,8,11,16,20,22H,2-4,6-7,9-10,12-15,17-18H2,1H3,(H,28,29)(H2,25,26,27);1H. The number of ether oxygens (including phenoxy) is 2. The summed E-state index contributed by atoms with van der Waals surface area (Å²) >= 11 is 0. The van der Waals surface area contributed by atoms with E-state index in [2.05, 4.69) is 27.0 Å². The predicted molar refractivity (Wildman–Crippen MR) is 140 cm³/mol. The number of carbonyl (C=O) groups excluding carboxylic acids is 1. The molecule has 0 bridgehead atoms. The van der Waals surface area contributed by atoms with Crippen LogP contribution in [0.5, 0.6) is 0 Å². The number of nitrogens with zero attached hydrogens (tertiary/aromatic N) is 1. The van der Waals surface area contributed by atoms with Gasteiger partial charge in [0.2, 0.25) is 5.91 Å². The molecule has 0 radical (unpaired) electrons. The smallest absolute Gasteiger partial charge is 0.227 e. The molecule has 2 aliphatic rings. The van der Waals surface area contributed by atoms with Crippen LogP contribution in [0.15, 0.2) is 29.3 Å². The van der Waals surface area contributed by atoms with Crippen molar-refractivity contribution in [2.75, 3.05) is 38.7 Å². The van der Waals surface area contributed by atoms with Gasteiger partial charge >= 0.3 is 0 Å². The number of amides is 1. The molecule has 7 nitrogen and oxygen atoms in total. The Kier molecular flexibility index (Phi) is 13.0. The first kappa shape index (κ1) is 26.9. The van der Waals surface area contributed by atoms with Crippen molar-refractivity contribution in [3.8, 4) is 0 Å². The molecule has 0 spiro atoms. The summed E-state index contributed by atoms with van der Waals surface area (Å²) in [4.78, 5) is 16.8. The molecule has 1 aromatic carbocycles. The summed E-state index contributed by atoms with van der Waals surface area (Å²) in [6, 6.07) is 8.01. The minimum atomic E-state index is 0. The van der Waals surface area contributed by atoms with Gasteiger partial charge in [0.1, 0.15) is 0 Å². The van der Waals surface area contributed by atoms with Crippen LogP contribution in [0, 0.1) is 5.92 Å². The van der Waals surface area contributed by atoms with Gasteiger partial charge in [-0.1, -0.05) is 31.4 Å². The number of rotatable bonds is 10. The first-order chi connectivity index (χ1) is 15.2. The Hall–Kier alpha value is -1.39. The number of aliphatic imine (C=N–C) groups is 1. The average Bonchev–Trinajstić information content (AvgIpc) is 3.32. The van der Waals surface area contributed by atoms with Gasteiger partial charge in [0.05, 0.1) is 12.7 Å². The number of hydrogen-bond donors (Lipinski definition) is 3. The quantitative estimate of drug-likeness (QED) is 0.175. The molecule has 8 heteroatoms. The van der Waals surface area contributed by atoms with Gasteiger partial charge in [-0.25, -0.2) is 0 Å². The maximum atomic E-state index is 12.5. The fourth-order valence-corrected chi connectivity index (χ4v) is 4.15. The Labute approximate surface area is 209 Å². The van der Waals surface area contributed by atoms with Crippen molar-refractivity contribution in [1.29, 1.82) is 0 Å². The normalized spacial score (nSPS) is 19.3. The fourth-order valence-electron chi connectivity index (χ4n) is 4.15. The summed E-state index contributed by atoms with van der Waals surface area (Å²) in [5, 5.41) is 9.74. The topological polar surface area (TPSA) is 84.0 Å². The summed E-state index contributed by atoms with van der Waals surface area (Å²) < 4.78 is 11.2. The lowest BCUT2D eigenvalue weighted by atomic mass is 9.88. The van der Waals surface area contributed by atoms with Gasteiger partial charge in [-0.3, -0.25) is 9.79 Å². The summed E-state index contributed by atoms with van der Waals surface area (Å²) in [5.74, 6) is 1.08. The zero-order valence-corrected chi connectivity index (χ0v) is 21.6. The molecule has 0 aromatic heterocycles. The van der Waals surface area contributed by atoms with Gasteiger partial charge in [0, 0.05) is 45.0 Å². The first-order valence-corrected chi connectivity index (χ1v) is 11.8. The molecule has 3 rings (SSSR count). The number of anilines is 1. The van der Waals surface area contributed by atoms with Crippen molar-refractivity contribution in [3.63, 3.8) is 0 Å². The third-order valence-corrected chi connectivity index (χ3v) is 5.94. The molecule has 2 fully saturated rings. The van der Waals surface area contributed by atoms with E-state index in [9.17, 15) is 4.79 Å². The molecule has 32 heavy (non-hydrogen) atoms. The molecule has 1 unspecified atom stereocenters. The molecule has 1 saturated carbocycles. The van der Waals surface area contributed by atoms with Gasteiger partial charge in [0.15, 0.2) is 5.96 Å². The highest BCUT2D eigenvalue weighted by Crippen LogP contribution is 2.25. The van der Waals surface area contributed by atoms with E-state index in [1.165, 1.54) is 6.42 Å². The lowest BCUT2D eigenvalue weighted by molar-refractivity contribution is -0.120. The van der Waals surface area contributed by atoms with E-state index in [1.807, 2.05) is 18.2 Å². The van der Waals surface area contributed by atoms with E-state index in [4.69, 9.17) is 9.47 Å². The van der Waals surface area contributed by atoms with Crippen molar-refractivity contribution < 1.29 is 14.3 Å². The van der Waals surface area contributed by atoms with Gasteiger partial charge in [-0.2, -0.15) is 0 Å². The van der Waals surface area contributed by atoms with E-state index in [0.717, 1.165) is 75.3 Å². The number of carbonyl (C=O) groups is 1. The third kappa shape index (κ3) is 9.62. The predicted octanol–water partition coefficient (Wildman–Crippen LogP) is 4.07. The van der Waals surface area contributed by atoms with Crippen LogP contribution in [0.4, 0.5) is 5.69 Å². The van der Waals surface area contributed by atoms with E-state index in [-0.39, 0.29) is 41.9 Å². The van der Waals surface area contributed by atoms with Crippen LogP contribution in [0.25, 0.3) is 0 Å². The lowest BCUT2D eigenvalue weighted by Gasteiger charge is -2.21. The second kappa shape index (κ2) is 15.4. The van der Waals surface area contributed by atoms with Crippen molar-refractivity contribution in [2.24, 2.45) is 10.9 Å². The van der Waals surface area contributed by atoms with Gasteiger partial charge < -0.3 is 25.4 Å². The van der Waals surface area contributed by atoms with Crippen molar-refractivity contribution in [2.45, 2.75) is 64.0 Å². The number of nitrogens with one attached hydrogen (secondary N) is 3. The Bertz CT molecular complexity index is 704. The van der Waals surface area contributed by atoms with Crippen LogP contribution in [0.2, 0.25) is 0 Å². The molecular formula is C24H39IN4O3. The van der Waals surface area contributed by atoms with Crippen LogP contribution in [-0.2, 0) is 20.8 Å². The molecule has 3 N–H and O–H groups in total. The fraction of sp³-hybridized carbons (Fsp3) is 0.667. The van der Waals surface area contributed by atoms with Crippen molar-refractivity contribution >= 4 is 41.5 Å². The largest absolute Gasteiger partial charge is 0.379 e. The van der Waals surface area contributed by atoms with Crippen molar-refractivity contribution in [1.82, 2.24) is 10.6 Å². The monoisotopic (exact) mass is 558 g/mol. The number of guanidine groups is 1. The molecule has 180 valence electrons. The molecule has 1 saturated heterocycles. The molecule has 1 amide bonds. The highest BCUT2D eigenvalue weighted by molar-refractivity contribution is 14.0. The minimum absolute atomic E-state index is 0. The molecule has 1 atom stereocenters. The van der Waals surface area contributed by atoms with E-state index < -0.39 is 0 Å². The Morgan fingerprint density at radius 2 is 2.00 bits per heavy atom. The van der Waals surface area contributed by atoms with E-state index >= 15 is 0 Å². The second-order valence-electron chi connectivity index (χ2n) is 8.44. The van der Waals surface area contributed by atoms with Gasteiger partial charge in [-0.15, -0.1) is 24.0 Å². The number of benzene rings is 1. The number of halogens is 1. The van der Waals surface area contributed by atoms with Gasteiger partial charge in [-0.05, 0) is 49.8 Å². The maximum absolute atomic E-state index is 12.5. The molecule has 1 aliphatic carbocycles. The lowest BCUT2D eigenvalue weighted by Crippen LogP contribution is -2.37.